The quantitative estimate of drug-likeness (QED) is 0.612. The van der Waals surface area contributed by atoms with Crippen LogP contribution in [0.2, 0.25) is 0 Å². The molecule has 0 spiro atoms. The fraction of sp³-hybridized carbons (Fsp3) is 0.438. The lowest BCUT2D eigenvalue weighted by atomic mass is 10.1. The maximum absolute atomic E-state index is 11.7. The molecule has 0 saturated carbocycles. The molecule has 20 heavy (non-hydrogen) atoms. The van der Waals surface area contributed by atoms with Crippen LogP contribution in [0.15, 0.2) is 24.3 Å². The summed E-state index contributed by atoms with van der Waals surface area (Å²) in [4.78, 5) is 11.7. The predicted octanol–water partition coefficient (Wildman–Crippen LogP) is 1.60. The fourth-order valence-electron chi connectivity index (χ4n) is 1.71. The number of amides is 1. The van der Waals surface area contributed by atoms with Gasteiger partial charge >= 0.3 is 0 Å². The molecule has 3 N–H and O–H groups in total. The maximum atomic E-state index is 11.7. The topological polar surface area (TPSA) is 64.3 Å². The second-order valence-electron chi connectivity index (χ2n) is 4.36. The van der Waals surface area contributed by atoms with Crippen LogP contribution < -0.4 is 11.1 Å². The smallest absolute Gasteiger partial charge is 0.222 e. The van der Waals surface area contributed by atoms with E-state index in [-0.39, 0.29) is 11.9 Å². The average molecular weight is 274 g/mol. The van der Waals surface area contributed by atoms with Crippen molar-refractivity contribution in [2.24, 2.45) is 5.73 Å². The van der Waals surface area contributed by atoms with Crippen molar-refractivity contribution in [3.63, 3.8) is 0 Å². The van der Waals surface area contributed by atoms with Gasteiger partial charge in [0.05, 0.1) is 19.2 Å². The van der Waals surface area contributed by atoms with Crippen LogP contribution in [-0.2, 0) is 9.53 Å². The molecule has 0 fully saturated rings. The van der Waals surface area contributed by atoms with E-state index in [0.29, 0.717) is 26.2 Å². The molecule has 0 bridgehead atoms. The van der Waals surface area contributed by atoms with Gasteiger partial charge in [-0.25, -0.2) is 0 Å². The van der Waals surface area contributed by atoms with Gasteiger partial charge in [0.25, 0.3) is 0 Å². The predicted molar refractivity (Wildman–Crippen MR) is 80.0 cm³/mol. The molecule has 4 nitrogen and oxygen atoms in total. The van der Waals surface area contributed by atoms with Crippen molar-refractivity contribution in [1.82, 2.24) is 5.32 Å². The minimum atomic E-state index is -0.0272. The van der Waals surface area contributed by atoms with Gasteiger partial charge in [0.1, 0.15) is 0 Å². The SMILES string of the molecule is CCOCCC(=O)NC(C)c1ccc(C#CCN)cc1. The molecule has 0 heterocycles. The minimum Gasteiger partial charge on any atom is -0.381 e. The van der Waals surface area contributed by atoms with E-state index in [4.69, 9.17) is 10.5 Å². The van der Waals surface area contributed by atoms with Crippen LogP contribution in [0.3, 0.4) is 0 Å². The molecule has 0 radical (unpaired) electrons. The lowest BCUT2D eigenvalue weighted by Gasteiger charge is -2.14. The molecule has 1 aromatic rings. The van der Waals surface area contributed by atoms with Crippen LogP contribution >= 0.6 is 0 Å². The highest BCUT2D eigenvalue weighted by molar-refractivity contribution is 5.76. The highest BCUT2D eigenvalue weighted by Crippen LogP contribution is 2.13. The molecule has 1 aromatic carbocycles. The molecule has 4 heteroatoms. The van der Waals surface area contributed by atoms with Gasteiger partial charge in [-0.3, -0.25) is 4.79 Å². The lowest BCUT2D eigenvalue weighted by molar-refractivity contribution is -0.122. The molecule has 0 aliphatic carbocycles. The first-order valence-corrected chi connectivity index (χ1v) is 6.83. The van der Waals surface area contributed by atoms with E-state index in [0.717, 1.165) is 11.1 Å². The third kappa shape index (κ3) is 5.87. The first-order chi connectivity index (χ1) is 9.67. The van der Waals surface area contributed by atoms with E-state index < -0.39 is 0 Å². The van der Waals surface area contributed by atoms with Gasteiger partial charge < -0.3 is 15.8 Å². The normalized spacial score (nSPS) is 11.3. The van der Waals surface area contributed by atoms with Crippen molar-refractivity contribution in [3.05, 3.63) is 35.4 Å². The third-order valence-corrected chi connectivity index (χ3v) is 2.80. The molecule has 1 unspecified atom stereocenters. The van der Waals surface area contributed by atoms with Crippen LogP contribution in [0.5, 0.6) is 0 Å². The number of ether oxygens (including phenoxy) is 1. The second-order valence-corrected chi connectivity index (χ2v) is 4.36. The van der Waals surface area contributed by atoms with Crippen molar-refractivity contribution >= 4 is 5.91 Å². The van der Waals surface area contributed by atoms with E-state index in [9.17, 15) is 4.79 Å². The van der Waals surface area contributed by atoms with Gasteiger partial charge in [-0.2, -0.15) is 0 Å². The molecule has 1 atom stereocenters. The Balaban J connectivity index is 2.50. The first kappa shape index (κ1) is 16.2. The zero-order valence-electron chi connectivity index (χ0n) is 12.1. The standard InChI is InChI=1S/C16H22N2O2/c1-3-20-12-10-16(19)18-13(2)15-8-6-14(7-9-15)5-4-11-17/h6-9,13H,3,10-12,17H2,1-2H3,(H,18,19). The minimum absolute atomic E-state index is 0.00190. The van der Waals surface area contributed by atoms with Crippen molar-refractivity contribution in [2.45, 2.75) is 26.3 Å². The van der Waals surface area contributed by atoms with Gasteiger partial charge in [0.15, 0.2) is 0 Å². The number of rotatable bonds is 6. The van der Waals surface area contributed by atoms with E-state index >= 15 is 0 Å². The molecule has 1 amide bonds. The van der Waals surface area contributed by atoms with Crippen LogP contribution in [0, 0.1) is 11.8 Å². The molecule has 0 aromatic heterocycles. The Morgan fingerprint density at radius 2 is 2.10 bits per heavy atom. The van der Waals surface area contributed by atoms with Gasteiger partial charge in [-0.15, -0.1) is 0 Å². The Kier molecular flexibility index (Phi) is 7.41. The first-order valence-electron chi connectivity index (χ1n) is 6.83. The Morgan fingerprint density at radius 1 is 1.40 bits per heavy atom. The summed E-state index contributed by atoms with van der Waals surface area (Å²) in [5.41, 5.74) is 7.30. The Labute approximate surface area is 120 Å². The average Bonchev–Trinajstić information content (AvgIpc) is 2.46. The zero-order valence-corrected chi connectivity index (χ0v) is 12.1. The second kappa shape index (κ2) is 9.13. The maximum Gasteiger partial charge on any atom is 0.222 e. The summed E-state index contributed by atoms with van der Waals surface area (Å²) in [6.45, 7) is 5.32. The van der Waals surface area contributed by atoms with Crippen molar-refractivity contribution in [3.8, 4) is 11.8 Å². The summed E-state index contributed by atoms with van der Waals surface area (Å²) < 4.78 is 5.16. The largest absolute Gasteiger partial charge is 0.381 e. The molecule has 108 valence electrons. The number of carbonyl (C=O) groups excluding carboxylic acids is 1. The summed E-state index contributed by atoms with van der Waals surface area (Å²) in [5, 5.41) is 2.94. The third-order valence-electron chi connectivity index (χ3n) is 2.80. The molecule has 1 rings (SSSR count). The fourth-order valence-corrected chi connectivity index (χ4v) is 1.71. The van der Waals surface area contributed by atoms with E-state index in [1.165, 1.54) is 0 Å². The number of hydrogen-bond donors (Lipinski definition) is 2. The summed E-state index contributed by atoms with van der Waals surface area (Å²) in [5.74, 6) is 5.77. The molecular formula is C16H22N2O2. The summed E-state index contributed by atoms with van der Waals surface area (Å²) in [7, 11) is 0. The number of benzene rings is 1. The molecular weight excluding hydrogens is 252 g/mol. The number of nitrogens with one attached hydrogen (secondary N) is 1. The Morgan fingerprint density at radius 3 is 2.70 bits per heavy atom. The van der Waals surface area contributed by atoms with Crippen LogP contribution in [0.25, 0.3) is 0 Å². The lowest BCUT2D eigenvalue weighted by Crippen LogP contribution is -2.27. The monoisotopic (exact) mass is 274 g/mol. The summed E-state index contributed by atoms with van der Waals surface area (Å²) in [6.07, 6.45) is 0.387. The summed E-state index contributed by atoms with van der Waals surface area (Å²) in [6, 6.07) is 7.77. The van der Waals surface area contributed by atoms with Gasteiger partial charge in [-0.05, 0) is 31.5 Å². The molecule has 0 aliphatic heterocycles. The van der Waals surface area contributed by atoms with Crippen molar-refractivity contribution in [2.75, 3.05) is 19.8 Å². The highest BCUT2D eigenvalue weighted by Gasteiger charge is 2.09. The summed E-state index contributed by atoms with van der Waals surface area (Å²) >= 11 is 0. The molecule has 0 aliphatic rings. The number of carbonyl (C=O) groups is 1. The highest BCUT2D eigenvalue weighted by atomic mass is 16.5. The van der Waals surface area contributed by atoms with E-state index in [1.807, 2.05) is 38.1 Å². The van der Waals surface area contributed by atoms with E-state index in [2.05, 4.69) is 17.2 Å². The van der Waals surface area contributed by atoms with E-state index in [1.54, 1.807) is 0 Å². The van der Waals surface area contributed by atoms with Gasteiger partial charge in [0, 0.05) is 18.6 Å². The van der Waals surface area contributed by atoms with Crippen molar-refractivity contribution < 1.29 is 9.53 Å². The number of hydrogen-bond acceptors (Lipinski definition) is 3. The number of nitrogens with two attached hydrogens (primary N) is 1. The van der Waals surface area contributed by atoms with Gasteiger partial charge in [0.2, 0.25) is 5.91 Å². The molecule has 0 saturated heterocycles. The zero-order chi connectivity index (χ0) is 14.8. The Bertz CT molecular complexity index is 471. The van der Waals surface area contributed by atoms with Gasteiger partial charge in [-0.1, -0.05) is 24.0 Å². The van der Waals surface area contributed by atoms with Crippen molar-refractivity contribution in [1.29, 1.82) is 0 Å². The van der Waals surface area contributed by atoms with Crippen LogP contribution in [-0.4, -0.2) is 25.7 Å². The Hall–Kier alpha value is -1.83. The van der Waals surface area contributed by atoms with Crippen LogP contribution in [0.1, 0.15) is 37.4 Å². The van der Waals surface area contributed by atoms with Crippen LogP contribution in [0.4, 0.5) is 0 Å².